The number of methoxy groups -OCH3 is 2. The van der Waals surface area contributed by atoms with Crippen molar-refractivity contribution in [2.45, 2.75) is 31.4 Å². The number of rotatable bonds is 5. The van der Waals surface area contributed by atoms with Crippen molar-refractivity contribution in [1.29, 1.82) is 0 Å². The predicted octanol–water partition coefficient (Wildman–Crippen LogP) is 2.56. The highest BCUT2D eigenvalue weighted by atomic mass is 16.5. The normalized spacial score (nSPS) is 28.1. The Morgan fingerprint density at radius 1 is 1.19 bits per heavy atom. The third kappa shape index (κ3) is 3.11. The zero-order chi connectivity index (χ0) is 19.0. The van der Waals surface area contributed by atoms with Gasteiger partial charge >= 0.3 is 0 Å². The third-order valence-corrected chi connectivity index (χ3v) is 6.37. The molecule has 1 saturated carbocycles. The molecule has 1 N–H and O–H groups in total. The third-order valence-electron chi connectivity index (χ3n) is 6.37. The zero-order valence-corrected chi connectivity index (χ0v) is 16.4. The summed E-state index contributed by atoms with van der Waals surface area (Å²) in [6.07, 6.45) is 6.96. The highest BCUT2D eigenvalue weighted by Gasteiger charge is 2.53. The van der Waals surface area contributed by atoms with E-state index in [-0.39, 0.29) is 11.8 Å². The van der Waals surface area contributed by atoms with Gasteiger partial charge in [0.25, 0.3) is 0 Å². The first-order valence-corrected chi connectivity index (χ1v) is 9.69. The van der Waals surface area contributed by atoms with Crippen molar-refractivity contribution in [1.82, 2.24) is 14.5 Å². The van der Waals surface area contributed by atoms with Crippen LogP contribution in [0.3, 0.4) is 0 Å². The van der Waals surface area contributed by atoms with Gasteiger partial charge in [-0.3, -0.25) is 4.90 Å². The van der Waals surface area contributed by atoms with Crippen molar-refractivity contribution in [2.24, 2.45) is 18.9 Å². The molecule has 2 bridgehead atoms. The van der Waals surface area contributed by atoms with Crippen molar-refractivity contribution in [2.75, 3.05) is 27.3 Å². The largest absolute Gasteiger partial charge is 0.497 e. The number of aliphatic hydroxyl groups is 1. The molecule has 1 aliphatic carbocycles. The van der Waals surface area contributed by atoms with E-state index in [0.29, 0.717) is 0 Å². The van der Waals surface area contributed by atoms with Crippen molar-refractivity contribution >= 4 is 0 Å². The van der Waals surface area contributed by atoms with Crippen LogP contribution in [0, 0.1) is 11.8 Å². The Hall–Kier alpha value is -2.05. The number of nitrogens with zero attached hydrogens (tertiary/aromatic N) is 3. The summed E-state index contributed by atoms with van der Waals surface area (Å²) >= 11 is 0. The Labute approximate surface area is 160 Å². The number of hydrogen-bond donors (Lipinski definition) is 1. The van der Waals surface area contributed by atoms with Gasteiger partial charge in [0.1, 0.15) is 22.9 Å². The Kier molecular flexibility index (Phi) is 4.86. The minimum atomic E-state index is -0.828. The molecule has 2 aliphatic rings. The van der Waals surface area contributed by atoms with Gasteiger partial charge in [0.2, 0.25) is 0 Å². The topological polar surface area (TPSA) is 59.8 Å². The van der Waals surface area contributed by atoms with Crippen LogP contribution < -0.4 is 9.47 Å². The van der Waals surface area contributed by atoms with E-state index in [9.17, 15) is 5.11 Å². The van der Waals surface area contributed by atoms with Crippen LogP contribution in [-0.2, 0) is 19.2 Å². The number of aryl methyl sites for hydroxylation is 1. The first-order valence-electron chi connectivity index (χ1n) is 9.69. The molecule has 27 heavy (non-hydrogen) atoms. The summed E-state index contributed by atoms with van der Waals surface area (Å²) in [5.74, 6) is 2.93. The van der Waals surface area contributed by atoms with Crippen molar-refractivity contribution < 1.29 is 14.6 Å². The van der Waals surface area contributed by atoms with Crippen LogP contribution in [0.1, 0.15) is 30.7 Å². The van der Waals surface area contributed by atoms with Gasteiger partial charge in [-0.2, -0.15) is 0 Å². The van der Waals surface area contributed by atoms with Crippen LogP contribution in [0.15, 0.2) is 30.6 Å². The lowest BCUT2D eigenvalue weighted by molar-refractivity contribution is -0.155. The molecule has 0 spiro atoms. The van der Waals surface area contributed by atoms with Crippen molar-refractivity contribution in [3.05, 3.63) is 42.0 Å². The molecule has 6 heteroatoms. The lowest BCUT2D eigenvalue weighted by Gasteiger charge is -2.52. The summed E-state index contributed by atoms with van der Waals surface area (Å²) < 4.78 is 12.9. The van der Waals surface area contributed by atoms with E-state index in [1.807, 2.05) is 36.0 Å². The summed E-state index contributed by atoms with van der Waals surface area (Å²) in [6.45, 7) is 2.52. The molecule has 1 aromatic heterocycles. The van der Waals surface area contributed by atoms with Gasteiger partial charge in [-0.05, 0) is 31.0 Å². The van der Waals surface area contributed by atoms with Gasteiger partial charge in [-0.15, -0.1) is 0 Å². The molecule has 4 rings (SSSR count). The Balaban J connectivity index is 1.59. The summed E-state index contributed by atoms with van der Waals surface area (Å²) in [6, 6.07) is 5.93. The summed E-state index contributed by atoms with van der Waals surface area (Å²) in [4.78, 5) is 6.96. The summed E-state index contributed by atoms with van der Waals surface area (Å²) in [5.41, 5.74) is 0.295. The highest BCUT2D eigenvalue weighted by molar-refractivity contribution is 5.40. The molecule has 1 aromatic carbocycles. The van der Waals surface area contributed by atoms with Gasteiger partial charge in [-0.1, -0.05) is 6.42 Å². The molecule has 146 valence electrons. The number of likely N-dealkylation sites (tertiary alicyclic amines) is 1. The maximum atomic E-state index is 11.7. The maximum absolute atomic E-state index is 11.7. The fourth-order valence-electron chi connectivity index (χ4n) is 5.04. The quantitative estimate of drug-likeness (QED) is 0.875. The van der Waals surface area contributed by atoms with Gasteiger partial charge in [0, 0.05) is 56.5 Å². The average Bonchev–Trinajstić information content (AvgIpc) is 3.09. The zero-order valence-electron chi connectivity index (χ0n) is 16.4. The number of fused-ring (bicyclic) bond motifs is 2. The second-order valence-corrected chi connectivity index (χ2v) is 7.88. The van der Waals surface area contributed by atoms with Gasteiger partial charge in [-0.25, -0.2) is 4.98 Å². The van der Waals surface area contributed by atoms with Crippen molar-refractivity contribution in [3.8, 4) is 11.5 Å². The average molecular weight is 371 g/mol. The summed E-state index contributed by atoms with van der Waals surface area (Å²) in [7, 11) is 5.36. The van der Waals surface area contributed by atoms with Crippen molar-refractivity contribution in [3.63, 3.8) is 0 Å². The standard InChI is InChI=1S/C21H29N3O3/c1-23-10-9-22-20(23)21(25)16-5-4-6-17(21)14-24(13-16)12-15-11-18(26-2)7-8-19(15)27-3/h7-11,16-17,25H,4-6,12-14H2,1-3H3/t16-,17-/m1/s1. The van der Waals surface area contributed by atoms with E-state index >= 15 is 0 Å². The molecule has 1 aliphatic heterocycles. The molecule has 2 heterocycles. The van der Waals surface area contributed by atoms with Gasteiger partial charge in [0.05, 0.1) is 14.2 Å². The fraction of sp³-hybridized carbons (Fsp3) is 0.571. The van der Waals surface area contributed by atoms with Crippen LogP contribution in [0.4, 0.5) is 0 Å². The van der Waals surface area contributed by atoms with E-state index < -0.39 is 5.60 Å². The highest BCUT2D eigenvalue weighted by Crippen LogP contribution is 2.48. The Morgan fingerprint density at radius 3 is 2.52 bits per heavy atom. The molecular weight excluding hydrogens is 342 g/mol. The number of hydrogen-bond acceptors (Lipinski definition) is 5. The first kappa shape index (κ1) is 18.3. The maximum Gasteiger partial charge on any atom is 0.141 e. The molecule has 0 radical (unpaired) electrons. The Bertz CT molecular complexity index is 790. The van der Waals surface area contributed by atoms with E-state index in [4.69, 9.17) is 9.47 Å². The second-order valence-electron chi connectivity index (χ2n) is 7.88. The SMILES string of the molecule is COc1ccc(OC)c(CN2C[C@H]3CCC[C@H](C2)C3(O)c2nccn2C)c1. The van der Waals surface area contributed by atoms with Crippen LogP contribution >= 0.6 is 0 Å². The minimum absolute atomic E-state index is 0.197. The number of ether oxygens (including phenoxy) is 2. The van der Waals surface area contributed by atoms with Crippen LogP contribution in [0.5, 0.6) is 11.5 Å². The Morgan fingerprint density at radius 2 is 1.93 bits per heavy atom. The van der Waals surface area contributed by atoms with Gasteiger partial charge in [0.15, 0.2) is 0 Å². The molecule has 2 aromatic rings. The number of benzene rings is 1. The molecule has 0 amide bonds. The molecule has 2 fully saturated rings. The number of piperidine rings is 1. The number of aromatic nitrogens is 2. The van der Waals surface area contributed by atoms with E-state index in [1.165, 1.54) is 6.42 Å². The van der Waals surface area contributed by atoms with E-state index in [0.717, 1.165) is 55.4 Å². The minimum Gasteiger partial charge on any atom is -0.497 e. The molecule has 0 unspecified atom stereocenters. The van der Waals surface area contributed by atoms with Crippen LogP contribution in [-0.4, -0.2) is 46.9 Å². The van der Waals surface area contributed by atoms with E-state index in [1.54, 1.807) is 20.4 Å². The molecule has 6 nitrogen and oxygen atoms in total. The fourth-order valence-corrected chi connectivity index (χ4v) is 5.04. The predicted molar refractivity (Wildman–Crippen MR) is 103 cm³/mol. The lowest BCUT2D eigenvalue weighted by Crippen LogP contribution is -2.58. The molecule has 1 saturated heterocycles. The second kappa shape index (κ2) is 7.17. The molecular formula is C21H29N3O3. The monoisotopic (exact) mass is 371 g/mol. The van der Waals surface area contributed by atoms with Gasteiger partial charge < -0.3 is 19.1 Å². The van der Waals surface area contributed by atoms with Crippen LogP contribution in [0.2, 0.25) is 0 Å². The first-order chi connectivity index (χ1) is 13.1. The van der Waals surface area contributed by atoms with E-state index in [2.05, 4.69) is 9.88 Å². The lowest BCUT2D eigenvalue weighted by atomic mass is 9.65. The molecule has 2 atom stereocenters. The van der Waals surface area contributed by atoms with Crippen LogP contribution in [0.25, 0.3) is 0 Å². The smallest absolute Gasteiger partial charge is 0.141 e. The summed E-state index contributed by atoms with van der Waals surface area (Å²) in [5, 5.41) is 11.7. The number of imidazole rings is 1.